The standard InChI is InChI=1S/C28H31F2N3O5S/c1-3-4-17-31-28(35)20(2)33(18-21-5-7-22(29)8-6-21)27(34)19-38-25-13-15-26(16-14-25)39(36,37)32-24-11-9-23(30)10-12-24/h5-16,20,32H,3-4,17-19H2,1-2H3,(H,31,35). The highest BCUT2D eigenvalue weighted by Gasteiger charge is 2.26. The van der Waals surface area contributed by atoms with E-state index in [0.29, 0.717) is 12.1 Å². The van der Waals surface area contributed by atoms with Gasteiger partial charge < -0.3 is 15.0 Å². The number of unbranched alkanes of at least 4 members (excludes halogenated alkanes) is 1. The van der Waals surface area contributed by atoms with Crippen LogP contribution in [-0.2, 0) is 26.2 Å². The Bertz CT molecular complexity index is 1350. The number of nitrogens with one attached hydrogen (secondary N) is 2. The molecule has 0 saturated carbocycles. The second-order valence-electron chi connectivity index (χ2n) is 8.84. The van der Waals surface area contributed by atoms with Gasteiger partial charge in [0.2, 0.25) is 5.91 Å². The van der Waals surface area contributed by atoms with E-state index in [-0.39, 0.29) is 28.8 Å². The minimum absolute atomic E-state index is 0.0548. The highest BCUT2D eigenvalue weighted by molar-refractivity contribution is 7.92. The molecule has 0 aliphatic heterocycles. The van der Waals surface area contributed by atoms with Crippen molar-refractivity contribution in [2.75, 3.05) is 17.9 Å². The van der Waals surface area contributed by atoms with Crippen LogP contribution in [0, 0.1) is 11.6 Å². The molecular weight excluding hydrogens is 528 g/mol. The minimum atomic E-state index is -3.93. The van der Waals surface area contributed by atoms with Crippen molar-refractivity contribution in [3.8, 4) is 5.75 Å². The van der Waals surface area contributed by atoms with Gasteiger partial charge in [-0.15, -0.1) is 0 Å². The molecule has 0 aliphatic rings. The zero-order valence-electron chi connectivity index (χ0n) is 21.7. The summed E-state index contributed by atoms with van der Waals surface area (Å²) in [5.74, 6) is -1.46. The summed E-state index contributed by atoms with van der Waals surface area (Å²) in [6.45, 7) is 3.75. The summed E-state index contributed by atoms with van der Waals surface area (Å²) < 4.78 is 59.6. The summed E-state index contributed by atoms with van der Waals surface area (Å²) in [6, 6.07) is 15.1. The van der Waals surface area contributed by atoms with Gasteiger partial charge in [0.15, 0.2) is 6.61 Å². The average molecular weight is 560 g/mol. The first-order chi connectivity index (χ1) is 18.6. The third kappa shape index (κ3) is 8.78. The Morgan fingerprint density at radius 1 is 0.923 bits per heavy atom. The largest absolute Gasteiger partial charge is 0.484 e. The maximum atomic E-state index is 13.4. The first kappa shape index (κ1) is 29.6. The molecule has 0 aliphatic carbocycles. The molecule has 0 radical (unpaired) electrons. The van der Waals surface area contributed by atoms with Crippen LogP contribution < -0.4 is 14.8 Å². The molecule has 0 spiro atoms. The molecule has 11 heteroatoms. The molecule has 0 bridgehead atoms. The number of ether oxygens (including phenoxy) is 1. The van der Waals surface area contributed by atoms with Gasteiger partial charge in [-0.2, -0.15) is 0 Å². The first-order valence-corrected chi connectivity index (χ1v) is 13.9. The molecule has 0 saturated heterocycles. The molecule has 2 N–H and O–H groups in total. The number of hydrogen-bond acceptors (Lipinski definition) is 5. The van der Waals surface area contributed by atoms with Gasteiger partial charge in [0.05, 0.1) is 4.90 Å². The van der Waals surface area contributed by atoms with Crippen LogP contribution in [0.1, 0.15) is 32.3 Å². The summed E-state index contributed by atoms with van der Waals surface area (Å²) >= 11 is 0. The van der Waals surface area contributed by atoms with Crippen molar-refractivity contribution in [2.45, 2.75) is 44.2 Å². The molecule has 3 rings (SSSR count). The summed E-state index contributed by atoms with van der Waals surface area (Å²) in [5, 5.41) is 2.81. The normalized spacial score (nSPS) is 11.9. The minimum Gasteiger partial charge on any atom is -0.484 e. The average Bonchev–Trinajstić information content (AvgIpc) is 2.92. The van der Waals surface area contributed by atoms with Gasteiger partial charge in [0, 0.05) is 18.8 Å². The van der Waals surface area contributed by atoms with Crippen molar-refractivity contribution >= 4 is 27.5 Å². The molecule has 0 fully saturated rings. The van der Waals surface area contributed by atoms with Gasteiger partial charge in [-0.3, -0.25) is 14.3 Å². The zero-order valence-corrected chi connectivity index (χ0v) is 22.5. The third-order valence-electron chi connectivity index (χ3n) is 5.86. The second-order valence-corrected chi connectivity index (χ2v) is 10.5. The Morgan fingerprint density at radius 3 is 2.10 bits per heavy atom. The topological polar surface area (TPSA) is 105 Å². The highest BCUT2D eigenvalue weighted by atomic mass is 32.2. The van der Waals surface area contributed by atoms with E-state index in [4.69, 9.17) is 4.74 Å². The molecule has 1 atom stereocenters. The molecule has 2 amide bonds. The Morgan fingerprint density at radius 2 is 1.51 bits per heavy atom. The lowest BCUT2D eigenvalue weighted by molar-refractivity contribution is -0.142. The van der Waals surface area contributed by atoms with Crippen molar-refractivity contribution < 1.29 is 31.5 Å². The van der Waals surface area contributed by atoms with Crippen molar-refractivity contribution in [3.63, 3.8) is 0 Å². The lowest BCUT2D eigenvalue weighted by Crippen LogP contribution is -2.49. The van der Waals surface area contributed by atoms with E-state index in [1.165, 1.54) is 65.6 Å². The number of carbonyl (C=O) groups excluding carboxylic acids is 2. The van der Waals surface area contributed by atoms with E-state index in [9.17, 15) is 26.8 Å². The fraction of sp³-hybridized carbons (Fsp3) is 0.286. The predicted octanol–water partition coefficient (Wildman–Crippen LogP) is 4.48. The smallest absolute Gasteiger partial charge is 0.261 e. The Balaban J connectivity index is 1.67. The van der Waals surface area contributed by atoms with Crippen LogP contribution in [0.25, 0.3) is 0 Å². The molecule has 39 heavy (non-hydrogen) atoms. The second kappa shape index (κ2) is 13.7. The number of anilines is 1. The van der Waals surface area contributed by atoms with Crippen LogP contribution in [0.15, 0.2) is 77.7 Å². The first-order valence-electron chi connectivity index (χ1n) is 12.4. The summed E-state index contributed by atoms with van der Waals surface area (Å²) in [6.07, 6.45) is 1.71. The molecule has 3 aromatic carbocycles. The fourth-order valence-electron chi connectivity index (χ4n) is 3.58. The van der Waals surface area contributed by atoms with Gasteiger partial charge in [-0.25, -0.2) is 17.2 Å². The van der Waals surface area contributed by atoms with E-state index in [2.05, 4.69) is 10.0 Å². The van der Waals surface area contributed by atoms with Crippen LogP contribution in [0.4, 0.5) is 14.5 Å². The number of hydrogen-bond donors (Lipinski definition) is 2. The van der Waals surface area contributed by atoms with Crippen molar-refractivity contribution in [3.05, 3.63) is 90.0 Å². The third-order valence-corrected chi connectivity index (χ3v) is 7.25. The lowest BCUT2D eigenvalue weighted by atomic mass is 10.1. The quantitative estimate of drug-likeness (QED) is 0.301. The maximum Gasteiger partial charge on any atom is 0.261 e. The van der Waals surface area contributed by atoms with Crippen LogP contribution in [0.3, 0.4) is 0 Å². The van der Waals surface area contributed by atoms with E-state index in [1.807, 2.05) is 6.92 Å². The number of halogens is 2. The monoisotopic (exact) mass is 559 g/mol. The van der Waals surface area contributed by atoms with Gasteiger partial charge in [-0.05, 0) is 79.6 Å². The van der Waals surface area contributed by atoms with E-state index < -0.39 is 40.2 Å². The molecular formula is C28H31F2N3O5S. The van der Waals surface area contributed by atoms with Crippen molar-refractivity contribution in [1.82, 2.24) is 10.2 Å². The highest BCUT2D eigenvalue weighted by Crippen LogP contribution is 2.20. The Hall–Kier alpha value is -3.99. The number of amides is 2. The van der Waals surface area contributed by atoms with Crippen molar-refractivity contribution in [2.24, 2.45) is 0 Å². The van der Waals surface area contributed by atoms with Crippen LogP contribution in [0.2, 0.25) is 0 Å². The number of benzene rings is 3. The number of carbonyl (C=O) groups is 2. The molecule has 3 aromatic rings. The van der Waals surface area contributed by atoms with Crippen LogP contribution in [-0.4, -0.2) is 44.3 Å². The molecule has 0 heterocycles. The molecule has 8 nitrogen and oxygen atoms in total. The van der Waals surface area contributed by atoms with Gasteiger partial charge >= 0.3 is 0 Å². The molecule has 208 valence electrons. The molecule has 0 aromatic heterocycles. The van der Waals surface area contributed by atoms with Crippen molar-refractivity contribution in [1.29, 1.82) is 0 Å². The van der Waals surface area contributed by atoms with Crippen LogP contribution in [0.5, 0.6) is 5.75 Å². The Kier molecular flexibility index (Phi) is 10.4. The summed E-state index contributed by atoms with van der Waals surface area (Å²) in [7, 11) is -3.93. The Labute approximate surface area is 227 Å². The number of nitrogens with zero attached hydrogens (tertiary/aromatic N) is 1. The summed E-state index contributed by atoms with van der Waals surface area (Å²) in [5.41, 5.74) is 0.845. The lowest BCUT2D eigenvalue weighted by Gasteiger charge is -2.28. The van der Waals surface area contributed by atoms with Crippen LogP contribution >= 0.6 is 0 Å². The van der Waals surface area contributed by atoms with E-state index in [0.717, 1.165) is 25.0 Å². The van der Waals surface area contributed by atoms with E-state index >= 15 is 0 Å². The fourth-order valence-corrected chi connectivity index (χ4v) is 4.64. The van der Waals surface area contributed by atoms with Gasteiger partial charge in [0.25, 0.3) is 15.9 Å². The molecule has 1 unspecified atom stereocenters. The maximum absolute atomic E-state index is 13.4. The van der Waals surface area contributed by atoms with Gasteiger partial charge in [-0.1, -0.05) is 25.5 Å². The van der Waals surface area contributed by atoms with Gasteiger partial charge in [0.1, 0.15) is 23.4 Å². The predicted molar refractivity (Wildman–Crippen MR) is 143 cm³/mol. The zero-order chi connectivity index (χ0) is 28.4. The number of rotatable bonds is 13. The summed E-state index contributed by atoms with van der Waals surface area (Å²) in [4.78, 5) is 27.1. The van der Waals surface area contributed by atoms with E-state index in [1.54, 1.807) is 6.92 Å². The number of sulfonamides is 1. The SMILES string of the molecule is CCCCNC(=O)C(C)N(Cc1ccc(F)cc1)C(=O)COc1ccc(S(=O)(=O)Nc2ccc(F)cc2)cc1.